The lowest BCUT2D eigenvalue weighted by Crippen LogP contribution is -2.44. The highest BCUT2D eigenvalue weighted by Crippen LogP contribution is 2.23. The monoisotopic (exact) mass is 507 g/mol. The maximum absolute atomic E-state index is 13.2. The zero-order valence-electron chi connectivity index (χ0n) is 19.2. The van der Waals surface area contributed by atoms with Crippen LogP contribution in [0.4, 0.5) is 11.6 Å². The Bertz CT molecular complexity index is 1540. The van der Waals surface area contributed by atoms with Gasteiger partial charge >= 0.3 is 11.4 Å². The topological polar surface area (TPSA) is 128 Å². The van der Waals surface area contributed by atoms with Crippen molar-refractivity contribution in [3.63, 3.8) is 0 Å². The quantitative estimate of drug-likeness (QED) is 0.355. The molecular weight excluding hydrogens is 486 g/mol. The zero-order chi connectivity index (χ0) is 25.7. The standard InChI is InChI=1S/C25H22ClN5O5/c1-2-19(32)15-31-24(34)29-23(30(25(31)35)14-16-3-5-17(26)6-4-16)28-18-7-9-20(10-8-18)36-21-11-12-22(33)27-13-21/h3-13H,2,14-15H2,1H3,(H,27,33)(H,28,29,34). The molecule has 4 aromatic rings. The number of anilines is 2. The first-order valence-electron chi connectivity index (χ1n) is 11.0. The van der Waals surface area contributed by atoms with E-state index in [4.69, 9.17) is 16.3 Å². The molecule has 0 saturated heterocycles. The summed E-state index contributed by atoms with van der Waals surface area (Å²) in [5.74, 6) is 0.730. The fourth-order valence-corrected chi connectivity index (χ4v) is 3.42. The summed E-state index contributed by atoms with van der Waals surface area (Å²) in [6.07, 6.45) is 1.64. The number of pyridine rings is 1. The number of ether oxygens (including phenoxy) is 1. The van der Waals surface area contributed by atoms with Crippen molar-refractivity contribution < 1.29 is 9.53 Å². The predicted molar refractivity (Wildman–Crippen MR) is 135 cm³/mol. The Morgan fingerprint density at radius 1 is 0.972 bits per heavy atom. The molecule has 4 rings (SSSR count). The first-order valence-corrected chi connectivity index (χ1v) is 11.4. The molecule has 0 aliphatic heterocycles. The number of carbonyl (C=O) groups is 1. The van der Waals surface area contributed by atoms with Gasteiger partial charge in [-0.1, -0.05) is 30.7 Å². The third-order valence-electron chi connectivity index (χ3n) is 5.23. The van der Waals surface area contributed by atoms with Crippen LogP contribution in [0, 0.1) is 0 Å². The maximum atomic E-state index is 13.2. The fraction of sp³-hybridized carbons (Fsp3) is 0.160. The Kier molecular flexibility index (Phi) is 7.45. The second kappa shape index (κ2) is 10.9. The fourth-order valence-electron chi connectivity index (χ4n) is 3.29. The van der Waals surface area contributed by atoms with E-state index in [1.807, 2.05) is 0 Å². The number of hydrogen-bond donors (Lipinski definition) is 2. The van der Waals surface area contributed by atoms with Crippen LogP contribution in [0.3, 0.4) is 0 Å². The van der Waals surface area contributed by atoms with Gasteiger partial charge in [0.25, 0.3) is 0 Å². The first kappa shape index (κ1) is 24.7. The van der Waals surface area contributed by atoms with Gasteiger partial charge in [-0.2, -0.15) is 4.98 Å². The summed E-state index contributed by atoms with van der Waals surface area (Å²) in [6.45, 7) is 1.41. The Hall–Kier alpha value is -4.44. The van der Waals surface area contributed by atoms with Gasteiger partial charge in [-0.05, 0) is 48.0 Å². The summed E-state index contributed by atoms with van der Waals surface area (Å²) in [7, 11) is 0. The van der Waals surface area contributed by atoms with Crippen molar-refractivity contribution in [3.05, 3.63) is 109 Å². The molecule has 0 saturated carbocycles. The van der Waals surface area contributed by atoms with Crippen LogP contribution in [0.25, 0.3) is 0 Å². The van der Waals surface area contributed by atoms with Crippen molar-refractivity contribution in [3.8, 4) is 11.5 Å². The Morgan fingerprint density at radius 3 is 2.31 bits per heavy atom. The van der Waals surface area contributed by atoms with Crippen LogP contribution in [-0.2, 0) is 17.9 Å². The average Bonchev–Trinajstić information content (AvgIpc) is 2.87. The number of Topliss-reactive ketones (excluding diaryl/α,β-unsaturated/α-hetero) is 1. The third-order valence-corrected chi connectivity index (χ3v) is 5.49. The van der Waals surface area contributed by atoms with E-state index < -0.39 is 11.4 Å². The van der Waals surface area contributed by atoms with Crippen LogP contribution in [-0.4, -0.2) is 24.9 Å². The summed E-state index contributed by atoms with van der Waals surface area (Å²) >= 11 is 5.97. The van der Waals surface area contributed by atoms with E-state index >= 15 is 0 Å². The van der Waals surface area contributed by atoms with Gasteiger partial charge in [0.05, 0.1) is 13.1 Å². The number of aromatic nitrogens is 4. The number of aromatic amines is 1. The third kappa shape index (κ3) is 5.97. The SMILES string of the molecule is CCC(=O)Cn1c(=O)nc(Nc2ccc(Oc3ccc(=O)[nH]c3)cc2)n(Cc2ccc(Cl)cc2)c1=O. The average molecular weight is 508 g/mol. The number of rotatable bonds is 9. The molecule has 10 nitrogen and oxygen atoms in total. The van der Waals surface area contributed by atoms with Gasteiger partial charge in [0.15, 0.2) is 5.78 Å². The van der Waals surface area contributed by atoms with Crippen molar-refractivity contribution in [2.24, 2.45) is 0 Å². The minimum atomic E-state index is -0.824. The van der Waals surface area contributed by atoms with Gasteiger partial charge in [-0.25, -0.2) is 14.2 Å². The molecule has 2 aromatic heterocycles. The Balaban J connectivity index is 1.65. The van der Waals surface area contributed by atoms with Crippen molar-refractivity contribution in [1.29, 1.82) is 0 Å². The summed E-state index contributed by atoms with van der Waals surface area (Å²) < 4.78 is 7.81. The molecule has 0 unspecified atom stereocenters. The molecule has 11 heteroatoms. The van der Waals surface area contributed by atoms with Crippen molar-refractivity contribution in [2.45, 2.75) is 26.4 Å². The minimum Gasteiger partial charge on any atom is -0.456 e. The van der Waals surface area contributed by atoms with E-state index in [1.54, 1.807) is 61.5 Å². The van der Waals surface area contributed by atoms with Gasteiger partial charge < -0.3 is 15.0 Å². The number of ketones is 1. The van der Waals surface area contributed by atoms with Crippen LogP contribution < -0.4 is 27.0 Å². The highest BCUT2D eigenvalue weighted by molar-refractivity contribution is 6.30. The highest BCUT2D eigenvalue weighted by atomic mass is 35.5. The van der Waals surface area contributed by atoms with Crippen LogP contribution in [0.1, 0.15) is 18.9 Å². The lowest BCUT2D eigenvalue weighted by atomic mass is 10.2. The van der Waals surface area contributed by atoms with Crippen molar-refractivity contribution >= 4 is 29.0 Å². The first-order chi connectivity index (χ1) is 17.3. The molecule has 2 N–H and O–H groups in total. The van der Waals surface area contributed by atoms with Gasteiger partial charge in [0.2, 0.25) is 11.5 Å². The van der Waals surface area contributed by atoms with E-state index in [0.29, 0.717) is 22.2 Å². The Morgan fingerprint density at radius 2 is 1.67 bits per heavy atom. The normalized spacial score (nSPS) is 10.7. The zero-order valence-corrected chi connectivity index (χ0v) is 20.0. The van der Waals surface area contributed by atoms with Crippen LogP contribution in [0.2, 0.25) is 5.02 Å². The number of halogens is 1. The van der Waals surface area contributed by atoms with E-state index in [2.05, 4.69) is 15.3 Å². The van der Waals surface area contributed by atoms with Crippen molar-refractivity contribution in [2.75, 3.05) is 5.32 Å². The number of nitrogens with one attached hydrogen (secondary N) is 2. The van der Waals surface area contributed by atoms with E-state index in [9.17, 15) is 19.2 Å². The molecule has 0 atom stereocenters. The number of nitrogens with zero attached hydrogens (tertiary/aromatic N) is 3. The summed E-state index contributed by atoms with van der Waals surface area (Å²) in [5, 5.41) is 3.55. The molecule has 0 bridgehead atoms. The van der Waals surface area contributed by atoms with Gasteiger partial charge in [0, 0.05) is 29.4 Å². The van der Waals surface area contributed by atoms with E-state index in [1.165, 1.54) is 16.8 Å². The summed E-state index contributed by atoms with van der Waals surface area (Å²) in [6, 6.07) is 16.5. The number of H-pyrrole nitrogens is 1. The minimum absolute atomic E-state index is 0.0226. The van der Waals surface area contributed by atoms with Crippen LogP contribution >= 0.6 is 11.6 Å². The molecule has 0 amide bonds. The highest BCUT2D eigenvalue weighted by Gasteiger charge is 2.16. The smallest absolute Gasteiger partial charge is 0.355 e. The molecule has 36 heavy (non-hydrogen) atoms. The lowest BCUT2D eigenvalue weighted by molar-refractivity contribution is -0.119. The molecule has 0 aliphatic rings. The van der Waals surface area contributed by atoms with Gasteiger partial charge in [-0.15, -0.1) is 0 Å². The molecule has 184 valence electrons. The molecule has 0 radical (unpaired) electrons. The second-order valence-corrected chi connectivity index (χ2v) is 8.27. The van der Waals surface area contributed by atoms with Crippen LogP contribution in [0.15, 0.2) is 81.2 Å². The molecule has 0 aliphatic carbocycles. The maximum Gasteiger partial charge on any atom is 0.355 e. The number of carbonyl (C=O) groups excluding carboxylic acids is 1. The number of benzene rings is 2. The molecule has 2 heterocycles. The van der Waals surface area contributed by atoms with E-state index in [0.717, 1.165) is 10.1 Å². The second-order valence-electron chi connectivity index (χ2n) is 7.83. The molecule has 0 fully saturated rings. The number of hydrogen-bond acceptors (Lipinski definition) is 7. The lowest BCUT2D eigenvalue weighted by Gasteiger charge is -2.16. The van der Waals surface area contributed by atoms with Gasteiger partial charge in [0.1, 0.15) is 11.5 Å². The predicted octanol–water partition coefficient (Wildman–Crippen LogP) is 3.31. The van der Waals surface area contributed by atoms with E-state index in [-0.39, 0.29) is 36.8 Å². The van der Waals surface area contributed by atoms with Crippen molar-refractivity contribution in [1.82, 2.24) is 19.1 Å². The van der Waals surface area contributed by atoms with Gasteiger partial charge in [-0.3, -0.25) is 14.2 Å². The molecule has 2 aromatic carbocycles. The Labute approximate surface area is 209 Å². The summed E-state index contributed by atoms with van der Waals surface area (Å²) in [4.78, 5) is 55.6. The van der Waals surface area contributed by atoms with Crippen LogP contribution in [0.5, 0.6) is 11.5 Å². The largest absolute Gasteiger partial charge is 0.456 e. The molecule has 0 spiro atoms. The summed E-state index contributed by atoms with van der Waals surface area (Å²) in [5.41, 5.74) is -0.424. The molecular formula is C25H22ClN5O5.